The number of hydrogen-bond donors (Lipinski definition) is 2. The molecule has 0 radical (unpaired) electrons. The second-order valence-electron chi connectivity index (χ2n) is 10.9. The van der Waals surface area contributed by atoms with E-state index in [1.165, 1.54) is 76.6 Å². The van der Waals surface area contributed by atoms with Gasteiger partial charge in [0, 0.05) is 18.5 Å². The molecule has 0 aromatic carbocycles. The average molecular weight is 384 g/mol. The number of likely N-dealkylation sites (tertiary alicyclic amines) is 1. The van der Waals surface area contributed by atoms with Crippen LogP contribution in [0, 0.1) is 34.0 Å². The maximum absolute atomic E-state index is 7.93. The summed E-state index contributed by atoms with van der Waals surface area (Å²) in [6.45, 7) is 13.2. The van der Waals surface area contributed by atoms with E-state index in [2.05, 4.69) is 25.3 Å². The molecule has 5 unspecified atom stereocenters. The zero-order valence-corrected chi connectivity index (χ0v) is 18.2. The van der Waals surface area contributed by atoms with Crippen LogP contribution in [-0.4, -0.2) is 30.7 Å². The number of nitrogens with zero attached hydrogens (tertiary/aromatic N) is 1. The molecular weight excluding hydrogens is 342 g/mol. The Hall–Kier alpha value is -1.09. The second-order valence-corrected chi connectivity index (χ2v) is 10.9. The first-order chi connectivity index (χ1) is 13.4. The van der Waals surface area contributed by atoms with Crippen molar-refractivity contribution in [1.82, 2.24) is 4.90 Å². The second kappa shape index (κ2) is 7.63. The molecule has 3 heteroatoms. The molecule has 0 aromatic heterocycles. The fraction of sp³-hybridized carbons (Fsp3) is 0.800. The number of rotatable bonds is 4. The zero-order chi connectivity index (χ0) is 19.9. The van der Waals surface area contributed by atoms with Gasteiger partial charge in [-0.05, 0) is 105 Å². The first-order valence-corrected chi connectivity index (χ1v) is 11.8. The van der Waals surface area contributed by atoms with Crippen LogP contribution < -0.4 is 5.73 Å². The highest BCUT2D eigenvalue weighted by molar-refractivity contribution is 5.77. The average Bonchev–Trinajstić information content (AvgIpc) is 2.99. The van der Waals surface area contributed by atoms with Gasteiger partial charge in [-0.3, -0.25) is 0 Å². The summed E-state index contributed by atoms with van der Waals surface area (Å²) in [4.78, 5) is 2.71. The monoisotopic (exact) mass is 383 g/mol. The highest BCUT2D eigenvalue weighted by atomic mass is 15.1. The molecule has 4 rings (SSSR count). The topological polar surface area (TPSA) is 53.1 Å². The Morgan fingerprint density at radius 2 is 1.93 bits per heavy atom. The summed E-state index contributed by atoms with van der Waals surface area (Å²) in [6.07, 6.45) is 14.2. The molecule has 1 heterocycles. The number of nitrogens with two attached hydrogens (primary N) is 1. The Kier molecular flexibility index (Phi) is 5.50. The van der Waals surface area contributed by atoms with E-state index in [0.29, 0.717) is 11.3 Å². The fourth-order valence-electron chi connectivity index (χ4n) is 7.18. The molecule has 3 aliphatic carbocycles. The van der Waals surface area contributed by atoms with Gasteiger partial charge in [-0.25, -0.2) is 0 Å². The first kappa shape index (κ1) is 20.2. The molecule has 1 saturated heterocycles. The van der Waals surface area contributed by atoms with Crippen molar-refractivity contribution in [3.05, 3.63) is 23.4 Å². The standard InChI is InChI=1S/C25H41N3/c1-18-7-8-20-13-21(9-10-24(18,20)2)25(3)15-19(16-26)23(27)14-22(25)17-28-11-5-4-6-12-28/h16,20-22,26H,1,4-15,17,27H2,2-3H3. The third-order valence-corrected chi connectivity index (χ3v) is 9.50. The lowest BCUT2D eigenvalue weighted by molar-refractivity contribution is -0.00578. The van der Waals surface area contributed by atoms with Crippen molar-refractivity contribution in [3.63, 3.8) is 0 Å². The molecule has 28 heavy (non-hydrogen) atoms. The van der Waals surface area contributed by atoms with Crippen molar-refractivity contribution in [2.75, 3.05) is 19.6 Å². The van der Waals surface area contributed by atoms with E-state index < -0.39 is 0 Å². The van der Waals surface area contributed by atoms with Crippen molar-refractivity contribution in [1.29, 1.82) is 5.41 Å². The number of allylic oxidation sites excluding steroid dienone is 3. The number of nitrogens with one attached hydrogen (secondary N) is 1. The predicted octanol–water partition coefficient (Wildman–Crippen LogP) is 5.52. The maximum Gasteiger partial charge on any atom is 0.0227 e. The van der Waals surface area contributed by atoms with Crippen molar-refractivity contribution in [2.45, 2.75) is 78.1 Å². The van der Waals surface area contributed by atoms with Gasteiger partial charge in [0.15, 0.2) is 0 Å². The third kappa shape index (κ3) is 3.38. The molecule has 1 aliphatic heterocycles. The minimum absolute atomic E-state index is 0.276. The summed E-state index contributed by atoms with van der Waals surface area (Å²) in [7, 11) is 0. The molecule has 3 N–H and O–H groups in total. The fourth-order valence-corrected chi connectivity index (χ4v) is 7.18. The SMILES string of the molecule is C=C1CCC2CC(C3(C)CC(C=N)=C(N)CC3CN3CCCCC3)CCC12C. The first-order valence-electron chi connectivity index (χ1n) is 11.8. The van der Waals surface area contributed by atoms with Crippen LogP contribution in [0.15, 0.2) is 23.4 Å². The van der Waals surface area contributed by atoms with Gasteiger partial charge in [0.1, 0.15) is 0 Å². The van der Waals surface area contributed by atoms with E-state index in [1.54, 1.807) is 6.21 Å². The molecule has 3 nitrogen and oxygen atoms in total. The van der Waals surface area contributed by atoms with Crippen molar-refractivity contribution in [2.24, 2.45) is 34.3 Å². The largest absolute Gasteiger partial charge is 0.402 e. The minimum atomic E-state index is 0.276. The van der Waals surface area contributed by atoms with Crippen LogP contribution in [0.5, 0.6) is 0 Å². The normalized spacial score (nSPS) is 42.5. The van der Waals surface area contributed by atoms with Crippen molar-refractivity contribution < 1.29 is 0 Å². The summed E-state index contributed by atoms with van der Waals surface area (Å²) in [5, 5.41) is 7.93. The molecular formula is C25H41N3. The molecule has 156 valence electrons. The molecule has 3 fully saturated rings. The Morgan fingerprint density at radius 1 is 1.18 bits per heavy atom. The van der Waals surface area contributed by atoms with E-state index in [1.807, 2.05) is 0 Å². The lowest BCUT2D eigenvalue weighted by Crippen LogP contribution is -2.49. The Bertz CT molecular complexity index is 659. The van der Waals surface area contributed by atoms with E-state index >= 15 is 0 Å². The van der Waals surface area contributed by atoms with Crippen LogP contribution in [0.25, 0.3) is 0 Å². The summed E-state index contributed by atoms with van der Waals surface area (Å²) in [6, 6.07) is 0. The van der Waals surface area contributed by atoms with E-state index in [-0.39, 0.29) is 5.41 Å². The number of piperidine rings is 1. The van der Waals surface area contributed by atoms with Crippen LogP contribution in [0.1, 0.15) is 78.1 Å². The summed E-state index contributed by atoms with van der Waals surface area (Å²) in [5.41, 5.74) is 10.7. The number of fused-ring (bicyclic) bond motifs is 1. The summed E-state index contributed by atoms with van der Waals surface area (Å²) < 4.78 is 0. The molecule has 5 atom stereocenters. The quantitative estimate of drug-likeness (QED) is 0.496. The van der Waals surface area contributed by atoms with E-state index in [0.717, 1.165) is 35.9 Å². The van der Waals surface area contributed by atoms with Crippen molar-refractivity contribution >= 4 is 6.21 Å². The third-order valence-electron chi connectivity index (χ3n) is 9.50. The Labute approximate surface area is 172 Å². The van der Waals surface area contributed by atoms with Crippen LogP contribution in [-0.2, 0) is 0 Å². The molecule has 0 amide bonds. The maximum atomic E-state index is 7.93. The highest BCUT2D eigenvalue weighted by Crippen LogP contribution is 2.61. The van der Waals surface area contributed by atoms with E-state index in [4.69, 9.17) is 11.1 Å². The van der Waals surface area contributed by atoms with Gasteiger partial charge < -0.3 is 16.0 Å². The highest BCUT2D eigenvalue weighted by Gasteiger charge is 2.52. The summed E-state index contributed by atoms with van der Waals surface area (Å²) in [5.74, 6) is 2.21. The van der Waals surface area contributed by atoms with Gasteiger partial charge in [-0.15, -0.1) is 0 Å². The lowest BCUT2D eigenvalue weighted by atomic mass is 9.53. The van der Waals surface area contributed by atoms with Gasteiger partial charge in [0.2, 0.25) is 0 Å². The predicted molar refractivity (Wildman–Crippen MR) is 118 cm³/mol. The van der Waals surface area contributed by atoms with Gasteiger partial charge in [-0.2, -0.15) is 0 Å². The van der Waals surface area contributed by atoms with Crippen molar-refractivity contribution in [3.8, 4) is 0 Å². The summed E-state index contributed by atoms with van der Waals surface area (Å²) >= 11 is 0. The van der Waals surface area contributed by atoms with Gasteiger partial charge in [0.05, 0.1) is 0 Å². The molecule has 2 saturated carbocycles. The van der Waals surface area contributed by atoms with Crippen LogP contribution in [0.4, 0.5) is 0 Å². The molecule has 4 aliphatic rings. The van der Waals surface area contributed by atoms with Gasteiger partial charge in [0.25, 0.3) is 0 Å². The smallest absolute Gasteiger partial charge is 0.0227 e. The number of hydrogen-bond acceptors (Lipinski definition) is 3. The minimum Gasteiger partial charge on any atom is -0.402 e. The lowest BCUT2D eigenvalue weighted by Gasteiger charge is -2.53. The molecule has 0 aromatic rings. The zero-order valence-electron chi connectivity index (χ0n) is 18.2. The van der Waals surface area contributed by atoms with Crippen LogP contribution in [0.2, 0.25) is 0 Å². The van der Waals surface area contributed by atoms with Gasteiger partial charge in [-0.1, -0.05) is 32.4 Å². The Morgan fingerprint density at radius 3 is 2.64 bits per heavy atom. The molecule has 0 spiro atoms. The van der Waals surface area contributed by atoms with Crippen LogP contribution >= 0.6 is 0 Å². The van der Waals surface area contributed by atoms with E-state index in [9.17, 15) is 0 Å². The van der Waals surface area contributed by atoms with Crippen LogP contribution in [0.3, 0.4) is 0 Å². The Balaban J connectivity index is 1.57. The van der Waals surface area contributed by atoms with Gasteiger partial charge >= 0.3 is 0 Å². The molecule has 0 bridgehead atoms.